The molecule has 0 radical (unpaired) electrons. The van der Waals surface area contributed by atoms with Crippen molar-refractivity contribution in [1.29, 1.82) is 0 Å². The number of hydrogen-bond donors (Lipinski definition) is 0. The van der Waals surface area contributed by atoms with E-state index in [1.54, 1.807) is 4.90 Å². The lowest BCUT2D eigenvalue weighted by Crippen LogP contribution is -2.38. The molecule has 2 unspecified atom stereocenters. The summed E-state index contributed by atoms with van der Waals surface area (Å²) in [5, 5.41) is 0. The maximum Gasteiger partial charge on any atom is 0.302 e. The van der Waals surface area contributed by atoms with Gasteiger partial charge in [0, 0.05) is 18.9 Å². The van der Waals surface area contributed by atoms with Gasteiger partial charge in [0.15, 0.2) is 0 Å². The third-order valence-electron chi connectivity index (χ3n) is 3.92. The molecule has 0 aromatic heterocycles. The number of rotatable bonds is 4. The topological polar surface area (TPSA) is 54.5 Å². The summed E-state index contributed by atoms with van der Waals surface area (Å²) in [5.41, 5.74) is 0.799. The van der Waals surface area contributed by atoms with Crippen LogP contribution in [0.3, 0.4) is 0 Å². The molecule has 122 valence electrons. The Labute approximate surface area is 131 Å². The van der Waals surface area contributed by atoms with Crippen LogP contribution in [-0.4, -0.2) is 31.5 Å². The molecule has 1 aliphatic heterocycles. The van der Waals surface area contributed by atoms with E-state index in [-0.39, 0.29) is 30.3 Å². The van der Waals surface area contributed by atoms with Crippen LogP contribution in [-0.2, 0) is 15.0 Å². The highest BCUT2D eigenvalue weighted by atomic mass is 32.3. The Morgan fingerprint density at radius 3 is 2.36 bits per heavy atom. The molecule has 0 spiro atoms. The fraction of sp³-hybridized carbons (Fsp3) is 0.562. The fourth-order valence-corrected chi connectivity index (χ4v) is 4.02. The predicted molar refractivity (Wildman–Crippen MR) is 83.4 cm³/mol. The molecule has 1 amide bonds. The first-order valence-electron chi connectivity index (χ1n) is 7.34. The average molecular weight is 327 g/mol. The van der Waals surface area contributed by atoms with Gasteiger partial charge in [-0.05, 0) is 11.0 Å². The van der Waals surface area contributed by atoms with E-state index in [2.05, 4.69) is 0 Å². The van der Waals surface area contributed by atoms with E-state index in [1.807, 2.05) is 51.1 Å². The largest absolute Gasteiger partial charge is 0.335 e. The Kier molecular flexibility index (Phi) is 4.61. The molecule has 1 saturated heterocycles. The van der Waals surface area contributed by atoms with Crippen molar-refractivity contribution in [3.05, 3.63) is 35.9 Å². The molecule has 22 heavy (non-hydrogen) atoms. The van der Waals surface area contributed by atoms with Crippen molar-refractivity contribution >= 4 is 16.1 Å². The van der Waals surface area contributed by atoms with Gasteiger partial charge in [-0.15, -0.1) is 3.89 Å². The number of likely N-dealkylation sites (tertiary alicyclic amines) is 1. The highest BCUT2D eigenvalue weighted by Gasteiger charge is 2.41. The van der Waals surface area contributed by atoms with Gasteiger partial charge in [-0.2, -0.15) is 8.42 Å². The van der Waals surface area contributed by atoms with Crippen LogP contribution >= 0.6 is 0 Å². The molecule has 1 aliphatic rings. The zero-order valence-corrected chi connectivity index (χ0v) is 13.9. The highest BCUT2D eigenvalue weighted by Crippen LogP contribution is 2.41. The molecule has 2 atom stereocenters. The van der Waals surface area contributed by atoms with E-state index in [1.165, 1.54) is 0 Å². The van der Waals surface area contributed by atoms with Gasteiger partial charge in [0.2, 0.25) is 5.91 Å². The summed E-state index contributed by atoms with van der Waals surface area (Å²) in [4.78, 5) is 14.0. The van der Waals surface area contributed by atoms with Crippen molar-refractivity contribution in [1.82, 2.24) is 4.90 Å². The standard InChI is InChI=1S/C16H22FNO3S/c1-16(2,3)15(13-7-5-4-6-8-13)18-10-12(9-14(18)19)11-22(17,20)21/h4-8,12,15H,9-11H2,1-3H3. The van der Waals surface area contributed by atoms with Gasteiger partial charge in [0.1, 0.15) is 0 Å². The smallest absolute Gasteiger partial charge is 0.302 e. The summed E-state index contributed by atoms with van der Waals surface area (Å²) in [6.07, 6.45) is 0.0859. The molecule has 1 aromatic rings. The molecule has 1 aromatic carbocycles. The lowest BCUT2D eigenvalue weighted by molar-refractivity contribution is -0.132. The van der Waals surface area contributed by atoms with E-state index < -0.39 is 21.9 Å². The third kappa shape index (κ3) is 4.06. The lowest BCUT2D eigenvalue weighted by Gasteiger charge is -2.38. The minimum Gasteiger partial charge on any atom is -0.335 e. The molecule has 0 bridgehead atoms. The van der Waals surface area contributed by atoms with Crippen LogP contribution < -0.4 is 0 Å². The Hall–Kier alpha value is -1.43. The zero-order valence-electron chi connectivity index (χ0n) is 13.1. The van der Waals surface area contributed by atoms with E-state index in [9.17, 15) is 17.1 Å². The van der Waals surface area contributed by atoms with Crippen LogP contribution in [0.5, 0.6) is 0 Å². The second-order valence-electron chi connectivity index (χ2n) is 7.00. The third-order valence-corrected chi connectivity index (χ3v) is 4.79. The van der Waals surface area contributed by atoms with E-state index >= 15 is 0 Å². The van der Waals surface area contributed by atoms with Gasteiger partial charge < -0.3 is 4.90 Å². The van der Waals surface area contributed by atoms with E-state index in [4.69, 9.17) is 0 Å². The Morgan fingerprint density at radius 1 is 1.27 bits per heavy atom. The Bertz CT molecular complexity index is 637. The molecule has 2 rings (SSSR count). The number of nitrogens with zero attached hydrogens (tertiary/aromatic N) is 1. The zero-order chi connectivity index (χ0) is 16.5. The van der Waals surface area contributed by atoms with Gasteiger partial charge in [-0.1, -0.05) is 51.1 Å². The number of amides is 1. The van der Waals surface area contributed by atoms with E-state index in [0.29, 0.717) is 0 Å². The molecule has 1 fully saturated rings. The monoisotopic (exact) mass is 327 g/mol. The summed E-state index contributed by atoms with van der Waals surface area (Å²) in [7, 11) is -4.56. The predicted octanol–water partition coefficient (Wildman–Crippen LogP) is 2.92. The highest BCUT2D eigenvalue weighted by molar-refractivity contribution is 7.86. The number of benzene rings is 1. The molecule has 0 aliphatic carbocycles. The van der Waals surface area contributed by atoms with Gasteiger partial charge in [0.05, 0.1) is 11.8 Å². The first-order valence-corrected chi connectivity index (χ1v) is 8.90. The summed E-state index contributed by atoms with van der Waals surface area (Å²) in [6.45, 7) is 6.39. The number of halogens is 1. The Morgan fingerprint density at radius 2 is 1.86 bits per heavy atom. The van der Waals surface area contributed by atoms with Crippen LogP contribution in [0.15, 0.2) is 30.3 Å². The second kappa shape index (κ2) is 5.99. The average Bonchev–Trinajstić information content (AvgIpc) is 2.67. The molecular formula is C16H22FNO3S. The summed E-state index contributed by atoms with van der Waals surface area (Å²) >= 11 is 0. The summed E-state index contributed by atoms with van der Waals surface area (Å²) in [5.74, 6) is -1.17. The normalized spacial score (nSPS) is 21.2. The lowest BCUT2D eigenvalue weighted by atomic mass is 9.81. The maximum atomic E-state index is 12.9. The SMILES string of the molecule is CC(C)(C)C(c1ccccc1)N1CC(CS(=O)(=O)F)CC1=O. The Balaban J connectivity index is 2.28. The van der Waals surface area contributed by atoms with Crippen LogP contribution in [0.25, 0.3) is 0 Å². The quantitative estimate of drug-likeness (QED) is 0.799. The first kappa shape index (κ1) is 16.9. The number of carbonyl (C=O) groups is 1. The van der Waals surface area contributed by atoms with Gasteiger partial charge in [-0.3, -0.25) is 4.79 Å². The molecule has 1 heterocycles. The fourth-order valence-electron chi connectivity index (χ4n) is 3.23. The molecular weight excluding hydrogens is 305 g/mol. The van der Waals surface area contributed by atoms with Crippen molar-refractivity contribution < 1.29 is 17.1 Å². The van der Waals surface area contributed by atoms with Crippen molar-refractivity contribution in [2.24, 2.45) is 11.3 Å². The van der Waals surface area contributed by atoms with E-state index in [0.717, 1.165) is 5.56 Å². The van der Waals surface area contributed by atoms with Gasteiger partial charge in [0.25, 0.3) is 0 Å². The van der Waals surface area contributed by atoms with Crippen molar-refractivity contribution in [3.63, 3.8) is 0 Å². The van der Waals surface area contributed by atoms with Crippen molar-refractivity contribution in [3.8, 4) is 0 Å². The molecule has 4 nitrogen and oxygen atoms in total. The van der Waals surface area contributed by atoms with Crippen LogP contribution in [0, 0.1) is 11.3 Å². The minimum absolute atomic E-state index is 0.0859. The first-order chi connectivity index (χ1) is 10.1. The van der Waals surface area contributed by atoms with Gasteiger partial charge in [-0.25, -0.2) is 0 Å². The maximum absolute atomic E-state index is 12.9. The molecule has 0 N–H and O–H groups in total. The van der Waals surface area contributed by atoms with Crippen molar-refractivity contribution in [2.45, 2.75) is 33.2 Å². The van der Waals surface area contributed by atoms with Crippen LogP contribution in [0.1, 0.15) is 38.8 Å². The van der Waals surface area contributed by atoms with Crippen LogP contribution in [0.4, 0.5) is 3.89 Å². The molecule has 0 saturated carbocycles. The van der Waals surface area contributed by atoms with Crippen molar-refractivity contribution in [2.75, 3.05) is 12.3 Å². The number of carbonyl (C=O) groups excluding carboxylic acids is 1. The van der Waals surface area contributed by atoms with Gasteiger partial charge >= 0.3 is 10.2 Å². The second-order valence-corrected chi connectivity index (χ2v) is 8.41. The minimum atomic E-state index is -4.56. The number of hydrogen-bond acceptors (Lipinski definition) is 3. The van der Waals surface area contributed by atoms with Crippen LogP contribution in [0.2, 0.25) is 0 Å². The summed E-state index contributed by atoms with van der Waals surface area (Å²) in [6, 6.07) is 9.50. The molecule has 6 heteroatoms. The summed E-state index contributed by atoms with van der Waals surface area (Å²) < 4.78 is 34.6.